The zero-order valence-electron chi connectivity index (χ0n) is 7.12. The third-order valence-electron chi connectivity index (χ3n) is 1.41. The van der Waals surface area contributed by atoms with E-state index in [1.807, 2.05) is 31.2 Å². The predicted molar refractivity (Wildman–Crippen MR) is 54.2 cm³/mol. The van der Waals surface area contributed by atoms with Crippen LogP contribution in [0.25, 0.3) is 0 Å². The molecule has 1 aromatic rings. The molecule has 1 rings (SSSR count). The Balaban J connectivity index is 2.55. The van der Waals surface area contributed by atoms with Crippen molar-refractivity contribution in [2.24, 2.45) is 5.10 Å². The molecule has 0 fully saturated rings. The Kier molecular flexibility index (Phi) is 3.46. The van der Waals surface area contributed by atoms with Gasteiger partial charge in [0.05, 0.1) is 5.69 Å². The highest BCUT2D eigenvalue weighted by atomic mass is 35.5. The maximum Gasteiger partial charge on any atom is 0.265 e. The highest BCUT2D eigenvalue weighted by molar-refractivity contribution is 6.78. The van der Waals surface area contributed by atoms with Gasteiger partial charge in [-0.25, -0.2) is 0 Å². The number of hydrogen-bond donors (Lipinski definition) is 1. The fraction of sp³-hybridized carbons (Fsp3) is 0.111. The topological polar surface area (TPSA) is 41.5 Å². The van der Waals surface area contributed by atoms with Gasteiger partial charge in [-0.05, 0) is 30.7 Å². The average Bonchev–Trinajstić information content (AvgIpc) is 2.08. The van der Waals surface area contributed by atoms with E-state index >= 15 is 0 Å². The van der Waals surface area contributed by atoms with Gasteiger partial charge >= 0.3 is 0 Å². The molecular formula is C9H9ClN2O. The number of rotatable bonds is 3. The number of hydrogen-bond acceptors (Lipinski definition) is 3. The maximum atomic E-state index is 10.3. The monoisotopic (exact) mass is 196 g/mol. The van der Waals surface area contributed by atoms with E-state index in [0.717, 1.165) is 11.9 Å². The third kappa shape index (κ3) is 3.71. The molecule has 1 N–H and O–H groups in total. The first kappa shape index (κ1) is 9.74. The van der Waals surface area contributed by atoms with Crippen molar-refractivity contribution in [2.75, 3.05) is 5.43 Å². The van der Waals surface area contributed by atoms with Crippen molar-refractivity contribution in [1.82, 2.24) is 0 Å². The molecule has 0 saturated carbocycles. The molecule has 0 saturated heterocycles. The van der Waals surface area contributed by atoms with Gasteiger partial charge in [0.1, 0.15) is 6.21 Å². The van der Waals surface area contributed by atoms with Gasteiger partial charge in [-0.1, -0.05) is 17.7 Å². The van der Waals surface area contributed by atoms with E-state index in [1.54, 1.807) is 0 Å². The quantitative estimate of drug-likeness (QED) is 0.457. The number of carbonyl (C=O) groups excluding carboxylic acids is 1. The molecule has 3 nitrogen and oxygen atoms in total. The van der Waals surface area contributed by atoms with Crippen molar-refractivity contribution < 1.29 is 4.79 Å². The summed E-state index contributed by atoms with van der Waals surface area (Å²) in [4.78, 5) is 10.3. The fourth-order valence-corrected chi connectivity index (χ4v) is 0.834. The minimum atomic E-state index is -0.598. The van der Waals surface area contributed by atoms with Gasteiger partial charge in [0.15, 0.2) is 0 Å². The van der Waals surface area contributed by atoms with Gasteiger partial charge < -0.3 is 0 Å². The molecule has 0 amide bonds. The third-order valence-corrected chi connectivity index (χ3v) is 1.51. The van der Waals surface area contributed by atoms with Crippen LogP contribution in [-0.2, 0) is 4.79 Å². The number of halogens is 1. The summed E-state index contributed by atoms with van der Waals surface area (Å²) in [5.74, 6) is 0. The number of hydrazone groups is 1. The SMILES string of the molecule is Cc1ccc(NN=CC(=O)Cl)cc1. The Labute approximate surface area is 81.4 Å². The number of benzene rings is 1. The first-order chi connectivity index (χ1) is 6.18. The van der Waals surface area contributed by atoms with Crippen molar-refractivity contribution in [3.63, 3.8) is 0 Å². The van der Waals surface area contributed by atoms with E-state index in [9.17, 15) is 4.79 Å². The summed E-state index contributed by atoms with van der Waals surface area (Å²) in [6.07, 6.45) is 1.02. The molecule has 0 aromatic heterocycles. The van der Waals surface area contributed by atoms with Crippen LogP contribution in [0.5, 0.6) is 0 Å². The molecule has 0 aliphatic carbocycles. The lowest BCUT2D eigenvalue weighted by Gasteiger charge is -1.98. The van der Waals surface area contributed by atoms with Crippen LogP contribution in [0.1, 0.15) is 5.56 Å². The molecule has 4 heteroatoms. The van der Waals surface area contributed by atoms with Crippen molar-refractivity contribution in [3.8, 4) is 0 Å². The Morgan fingerprint density at radius 2 is 2.08 bits per heavy atom. The van der Waals surface area contributed by atoms with Crippen LogP contribution in [0, 0.1) is 6.92 Å². The molecule has 13 heavy (non-hydrogen) atoms. The molecule has 0 unspecified atom stereocenters. The minimum absolute atomic E-state index is 0.598. The van der Waals surface area contributed by atoms with Gasteiger partial charge in [-0.3, -0.25) is 10.2 Å². The summed E-state index contributed by atoms with van der Waals surface area (Å²) in [6, 6.07) is 7.62. The van der Waals surface area contributed by atoms with Gasteiger partial charge in [0.25, 0.3) is 5.24 Å². The fourth-order valence-electron chi connectivity index (χ4n) is 0.786. The summed E-state index contributed by atoms with van der Waals surface area (Å²) in [6.45, 7) is 2.00. The first-order valence-corrected chi connectivity index (χ1v) is 4.11. The van der Waals surface area contributed by atoms with Gasteiger partial charge in [0.2, 0.25) is 0 Å². The van der Waals surface area contributed by atoms with Gasteiger partial charge in [-0.2, -0.15) is 5.10 Å². The number of anilines is 1. The van der Waals surface area contributed by atoms with Gasteiger partial charge in [-0.15, -0.1) is 0 Å². The lowest BCUT2D eigenvalue weighted by Crippen LogP contribution is -1.93. The number of nitrogens with one attached hydrogen (secondary N) is 1. The van der Waals surface area contributed by atoms with Crippen LogP contribution >= 0.6 is 11.6 Å². The summed E-state index contributed by atoms with van der Waals surface area (Å²) in [5.41, 5.74) is 4.66. The summed E-state index contributed by atoms with van der Waals surface area (Å²) >= 11 is 5.04. The van der Waals surface area contributed by atoms with Crippen LogP contribution in [-0.4, -0.2) is 11.5 Å². The predicted octanol–water partition coefficient (Wildman–Crippen LogP) is 2.16. The van der Waals surface area contributed by atoms with E-state index in [1.165, 1.54) is 5.56 Å². The highest BCUT2D eigenvalue weighted by Crippen LogP contribution is 2.07. The zero-order chi connectivity index (χ0) is 9.68. The lowest BCUT2D eigenvalue weighted by molar-refractivity contribution is -0.105. The van der Waals surface area contributed by atoms with E-state index in [-0.39, 0.29) is 0 Å². The molecule has 0 aliphatic rings. The number of aryl methyl sites for hydroxylation is 1. The lowest BCUT2D eigenvalue weighted by atomic mass is 10.2. The molecule has 0 heterocycles. The van der Waals surface area contributed by atoms with E-state index < -0.39 is 5.24 Å². The largest absolute Gasteiger partial charge is 0.278 e. The van der Waals surface area contributed by atoms with E-state index in [2.05, 4.69) is 10.5 Å². The van der Waals surface area contributed by atoms with Crippen LogP contribution in [0.15, 0.2) is 29.4 Å². The summed E-state index contributed by atoms with van der Waals surface area (Å²) in [5, 5.41) is 3.02. The second-order valence-electron chi connectivity index (χ2n) is 2.54. The van der Waals surface area contributed by atoms with Crippen molar-refractivity contribution in [2.45, 2.75) is 6.92 Å². The molecule has 0 radical (unpaired) electrons. The standard InChI is InChI=1S/C9H9ClN2O/c1-7-2-4-8(5-3-7)12-11-6-9(10)13/h2-6,12H,1H3. The van der Waals surface area contributed by atoms with Crippen molar-refractivity contribution >= 4 is 28.7 Å². The van der Waals surface area contributed by atoms with Crippen molar-refractivity contribution in [3.05, 3.63) is 29.8 Å². The smallest absolute Gasteiger partial charge is 0.265 e. The Morgan fingerprint density at radius 3 is 2.62 bits per heavy atom. The van der Waals surface area contributed by atoms with Crippen LogP contribution < -0.4 is 5.43 Å². The second-order valence-corrected chi connectivity index (χ2v) is 2.91. The molecule has 0 atom stereocenters. The van der Waals surface area contributed by atoms with E-state index in [4.69, 9.17) is 11.6 Å². The number of carbonyl (C=O) groups is 1. The summed E-state index contributed by atoms with van der Waals surface area (Å²) < 4.78 is 0. The van der Waals surface area contributed by atoms with Crippen LogP contribution in [0.4, 0.5) is 5.69 Å². The van der Waals surface area contributed by atoms with Gasteiger partial charge in [0, 0.05) is 0 Å². The Hall–Kier alpha value is -1.35. The summed E-state index contributed by atoms with van der Waals surface area (Å²) in [7, 11) is 0. The minimum Gasteiger partial charge on any atom is -0.278 e. The van der Waals surface area contributed by atoms with Crippen LogP contribution in [0.3, 0.4) is 0 Å². The Morgan fingerprint density at radius 1 is 1.46 bits per heavy atom. The Bertz CT molecular complexity index is 319. The maximum absolute atomic E-state index is 10.3. The normalized spacial score (nSPS) is 10.3. The molecule has 68 valence electrons. The first-order valence-electron chi connectivity index (χ1n) is 3.73. The van der Waals surface area contributed by atoms with E-state index in [0.29, 0.717) is 0 Å². The number of nitrogens with zero attached hydrogens (tertiary/aromatic N) is 1. The van der Waals surface area contributed by atoms with Crippen LogP contribution in [0.2, 0.25) is 0 Å². The average molecular weight is 197 g/mol. The molecule has 0 bridgehead atoms. The molecule has 1 aromatic carbocycles. The van der Waals surface area contributed by atoms with Crippen molar-refractivity contribution in [1.29, 1.82) is 0 Å². The second kappa shape index (κ2) is 4.62. The molecule has 0 spiro atoms. The zero-order valence-corrected chi connectivity index (χ0v) is 7.88. The highest BCUT2D eigenvalue weighted by Gasteiger charge is 1.89. The molecule has 0 aliphatic heterocycles. The molecular weight excluding hydrogens is 188 g/mol.